The van der Waals surface area contributed by atoms with Crippen molar-refractivity contribution < 1.29 is 9.90 Å². The van der Waals surface area contributed by atoms with Crippen molar-refractivity contribution in [2.45, 2.75) is 6.54 Å². The molecule has 6 heteroatoms. The molecule has 5 nitrogen and oxygen atoms in total. The molecule has 0 unspecified atom stereocenters. The maximum absolute atomic E-state index is 10.3. The van der Waals surface area contributed by atoms with Crippen LogP contribution in [-0.4, -0.2) is 21.3 Å². The van der Waals surface area contributed by atoms with Gasteiger partial charge in [0.1, 0.15) is 5.56 Å². The van der Waals surface area contributed by atoms with Crippen LogP contribution in [0, 0.1) is 0 Å². The Kier molecular flexibility index (Phi) is 3.56. The van der Waals surface area contributed by atoms with Crippen molar-refractivity contribution in [3.63, 3.8) is 0 Å². The number of nitrogens with one attached hydrogen (secondary N) is 1. The molecule has 0 aliphatic rings. The standard InChI is InChI=1S/C5H7N3O2.ClH/c6-1-4-3(5(9)10)2-7-8-4;/h2H,1,6H2,(H,7,8)(H,9,10);1H. The van der Waals surface area contributed by atoms with Gasteiger partial charge in [-0.25, -0.2) is 4.79 Å². The van der Waals surface area contributed by atoms with Crippen molar-refractivity contribution in [2.75, 3.05) is 0 Å². The van der Waals surface area contributed by atoms with Crippen LogP contribution in [0.2, 0.25) is 0 Å². The van der Waals surface area contributed by atoms with Gasteiger partial charge in [0, 0.05) is 6.54 Å². The summed E-state index contributed by atoms with van der Waals surface area (Å²) in [5.41, 5.74) is 5.79. The number of nitrogens with zero attached hydrogens (tertiary/aromatic N) is 1. The molecule has 0 saturated heterocycles. The average molecular weight is 178 g/mol. The first-order chi connectivity index (χ1) is 4.75. The molecule has 0 saturated carbocycles. The molecule has 4 N–H and O–H groups in total. The van der Waals surface area contributed by atoms with Crippen LogP contribution in [0.4, 0.5) is 0 Å². The third-order valence-corrected chi connectivity index (χ3v) is 1.15. The summed E-state index contributed by atoms with van der Waals surface area (Å²) in [6.45, 7) is 0.168. The predicted molar refractivity (Wildman–Crippen MR) is 40.7 cm³/mol. The van der Waals surface area contributed by atoms with Crippen molar-refractivity contribution in [3.05, 3.63) is 17.5 Å². The molecule has 1 rings (SSSR count). The van der Waals surface area contributed by atoms with E-state index in [1.807, 2.05) is 0 Å². The van der Waals surface area contributed by atoms with Crippen LogP contribution in [0.3, 0.4) is 0 Å². The summed E-state index contributed by atoms with van der Waals surface area (Å²) in [7, 11) is 0. The first-order valence-electron chi connectivity index (χ1n) is 2.71. The monoisotopic (exact) mass is 177 g/mol. The summed E-state index contributed by atoms with van der Waals surface area (Å²) in [4.78, 5) is 10.3. The third-order valence-electron chi connectivity index (χ3n) is 1.15. The number of rotatable bonds is 2. The highest BCUT2D eigenvalue weighted by Gasteiger charge is 2.09. The number of nitrogens with two attached hydrogens (primary N) is 1. The molecule has 11 heavy (non-hydrogen) atoms. The lowest BCUT2D eigenvalue weighted by molar-refractivity contribution is 0.0696. The highest BCUT2D eigenvalue weighted by atomic mass is 35.5. The third kappa shape index (κ3) is 1.92. The molecule has 62 valence electrons. The van der Waals surface area contributed by atoms with Crippen LogP contribution in [0.1, 0.15) is 16.1 Å². The molecule has 0 aliphatic heterocycles. The number of carboxylic acid groups (broad SMARTS) is 1. The zero-order valence-corrected chi connectivity index (χ0v) is 6.39. The van der Waals surface area contributed by atoms with Gasteiger partial charge in [-0.3, -0.25) is 5.10 Å². The fraction of sp³-hybridized carbons (Fsp3) is 0.200. The molecule has 1 aromatic rings. The van der Waals surface area contributed by atoms with Crippen molar-refractivity contribution in [1.29, 1.82) is 0 Å². The Balaban J connectivity index is 0.000001000. The number of carbonyl (C=O) groups is 1. The van der Waals surface area contributed by atoms with Crippen LogP contribution >= 0.6 is 12.4 Å². The van der Waals surface area contributed by atoms with Gasteiger partial charge in [-0.15, -0.1) is 12.4 Å². The van der Waals surface area contributed by atoms with Crippen LogP contribution in [0.15, 0.2) is 6.20 Å². The molecule has 0 amide bonds. The number of hydrogen-bond acceptors (Lipinski definition) is 3. The van der Waals surface area contributed by atoms with E-state index in [0.717, 1.165) is 0 Å². The second-order valence-corrected chi connectivity index (χ2v) is 1.77. The lowest BCUT2D eigenvalue weighted by Crippen LogP contribution is -2.04. The predicted octanol–water partition coefficient (Wildman–Crippen LogP) is -0.0116. The number of aromatic amines is 1. The average Bonchev–Trinajstić information content (AvgIpc) is 2.33. The fourth-order valence-corrected chi connectivity index (χ4v) is 0.653. The number of hydrogen-bond donors (Lipinski definition) is 3. The first kappa shape index (κ1) is 9.93. The van der Waals surface area contributed by atoms with Gasteiger partial charge in [-0.1, -0.05) is 0 Å². The quantitative estimate of drug-likeness (QED) is 0.593. The normalized spacial score (nSPS) is 8.82. The van der Waals surface area contributed by atoms with Gasteiger partial charge in [-0.2, -0.15) is 5.10 Å². The summed E-state index contributed by atoms with van der Waals surface area (Å²) < 4.78 is 0. The van der Waals surface area contributed by atoms with E-state index >= 15 is 0 Å². The second kappa shape index (κ2) is 3.95. The van der Waals surface area contributed by atoms with Gasteiger partial charge in [0.05, 0.1) is 11.9 Å². The van der Waals surface area contributed by atoms with E-state index in [1.165, 1.54) is 6.20 Å². The number of H-pyrrole nitrogens is 1. The lowest BCUT2D eigenvalue weighted by atomic mass is 10.2. The minimum absolute atomic E-state index is 0. The molecule has 1 aromatic heterocycles. The van der Waals surface area contributed by atoms with Crippen LogP contribution < -0.4 is 5.73 Å². The number of aromatic nitrogens is 2. The highest BCUT2D eigenvalue weighted by molar-refractivity contribution is 5.88. The van der Waals surface area contributed by atoms with E-state index in [2.05, 4.69) is 10.2 Å². The molecule has 0 atom stereocenters. The van der Waals surface area contributed by atoms with Gasteiger partial charge >= 0.3 is 5.97 Å². The largest absolute Gasteiger partial charge is 0.478 e. The minimum Gasteiger partial charge on any atom is -0.478 e. The first-order valence-corrected chi connectivity index (χ1v) is 2.71. The van der Waals surface area contributed by atoms with E-state index in [9.17, 15) is 4.79 Å². The molecule has 0 radical (unpaired) electrons. The summed E-state index contributed by atoms with van der Waals surface area (Å²) >= 11 is 0. The van der Waals surface area contributed by atoms with Gasteiger partial charge in [0.15, 0.2) is 0 Å². The number of halogens is 1. The van der Waals surface area contributed by atoms with Gasteiger partial charge in [-0.05, 0) is 0 Å². The van der Waals surface area contributed by atoms with Gasteiger partial charge < -0.3 is 10.8 Å². The minimum atomic E-state index is -1.01. The van der Waals surface area contributed by atoms with Gasteiger partial charge in [0.2, 0.25) is 0 Å². The van der Waals surface area contributed by atoms with E-state index in [1.54, 1.807) is 0 Å². The second-order valence-electron chi connectivity index (χ2n) is 1.77. The van der Waals surface area contributed by atoms with Crippen molar-refractivity contribution >= 4 is 18.4 Å². The Bertz CT molecular complexity index is 248. The lowest BCUT2D eigenvalue weighted by Gasteiger charge is -1.90. The Morgan fingerprint density at radius 3 is 2.82 bits per heavy atom. The molecule has 0 bridgehead atoms. The number of aromatic carboxylic acids is 1. The summed E-state index contributed by atoms with van der Waals surface area (Å²) in [5, 5.41) is 14.5. The molecular weight excluding hydrogens is 170 g/mol. The molecular formula is C5H8ClN3O2. The summed E-state index contributed by atoms with van der Waals surface area (Å²) in [6.07, 6.45) is 1.24. The van der Waals surface area contributed by atoms with Crippen molar-refractivity contribution in [1.82, 2.24) is 10.2 Å². The summed E-state index contributed by atoms with van der Waals surface area (Å²) in [5.74, 6) is -1.01. The highest BCUT2D eigenvalue weighted by Crippen LogP contribution is 2.01. The molecule has 0 aromatic carbocycles. The smallest absolute Gasteiger partial charge is 0.339 e. The zero-order valence-electron chi connectivity index (χ0n) is 5.57. The molecule has 0 spiro atoms. The Hall–Kier alpha value is -1.07. The maximum atomic E-state index is 10.3. The molecule has 0 aliphatic carbocycles. The van der Waals surface area contributed by atoms with Crippen LogP contribution in [-0.2, 0) is 6.54 Å². The molecule has 1 heterocycles. The topological polar surface area (TPSA) is 92.0 Å². The van der Waals surface area contributed by atoms with Crippen LogP contribution in [0.5, 0.6) is 0 Å². The van der Waals surface area contributed by atoms with E-state index in [0.29, 0.717) is 5.69 Å². The van der Waals surface area contributed by atoms with E-state index < -0.39 is 5.97 Å². The van der Waals surface area contributed by atoms with E-state index in [-0.39, 0.29) is 24.5 Å². The zero-order chi connectivity index (χ0) is 7.56. The SMILES string of the molecule is Cl.NCc1[nH]ncc1C(=O)O. The van der Waals surface area contributed by atoms with Gasteiger partial charge in [0.25, 0.3) is 0 Å². The Morgan fingerprint density at radius 2 is 2.45 bits per heavy atom. The Labute approximate surface area is 69.0 Å². The summed E-state index contributed by atoms with van der Waals surface area (Å²) in [6, 6.07) is 0. The van der Waals surface area contributed by atoms with E-state index in [4.69, 9.17) is 10.8 Å². The fourth-order valence-electron chi connectivity index (χ4n) is 0.653. The van der Waals surface area contributed by atoms with Crippen LogP contribution in [0.25, 0.3) is 0 Å². The Morgan fingerprint density at radius 1 is 1.82 bits per heavy atom. The molecule has 0 fully saturated rings. The van der Waals surface area contributed by atoms with Crippen molar-refractivity contribution in [2.24, 2.45) is 5.73 Å². The number of carboxylic acids is 1. The maximum Gasteiger partial charge on any atom is 0.339 e. The van der Waals surface area contributed by atoms with Crippen molar-refractivity contribution in [3.8, 4) is 0 Å².